The van der Waals surface area contributed by atoms with Gasteiger partial charge in [-0.15, -0.1) is 0 Å². The number of amides is 2. The summed E-state index contributed by atoms with van der Waals surface area (Å²) in [6, 6.07) is 9.91. The van der Waals surface area contributed by atoms with Crippen LogP contribution in [0.5, 0.6) is 0 Å². The summed E-state index contributed by atoms with van der Waals surface area (Å²) in [6.07, 6.45) is 7.65. The molecule has 0 bridgehead atoms. The molecule has 0 unspecified atom stereocenters. The van der Waals surface area contributed by atoms with Crippen molar-refractivity contribution < 1.29 is 4.79 Å². The number of nitrogens with one attached hydrogen (secondary N) is 2. The van der Waals surface area contributed by atoms with Crippen LogP contribution >= 0.6 is 0 Å². The van der Waals surface area contributed by atoms with Crippen LogP contribution in [0.3, 0.4) is 0 Å². The third-order valence-electron chi connectivity index (χ3n) is 5.69. The summed E-state index contributed by atoms with van der Waals surface area (Å²) in [5.74, 6) is 1.97. The molecule has 1 aliphatic heterocycles. The van der Waals surface area contributed by atoms with Gasteiger partial charge in [0.1, 0.15) is 5.82 Å². The van der Waals surface area contributed by atoms with Crippen LogP contribution in [0, 0.1) is 6.92 Å². The van der Waals surface area contributed by atoms with Gasteiger partial charge in [0, 0.05) is 37.4 Å². The first kappa shape index (κ1) is 21.0. The number of aromatic nitrogens is 4. The molecule has 3 aromatic heterocycles. The maximum atomic E-state index is 11.7. The lowest BCUT2D eigenvalue weighted by atomic mass is 9.88. The Bertz CT molecular complexity index is 1010. The first-order valence-electron chi connectivity index (χ1n) is 10.8. The lowest BCUT2D eigenvalue weighted by molar-refractivity contribution is 0.204. The summed E-state index contributed by atoms with van der Waals surface area (Å²) in [6.45, 7) is 7.49. The maximum Gasteiger partial charge on any atom is 0.320 e. The minimum Gasteiger partial charge on any atom is -0.338 e. The van der Waals surface area contributed by atoms with Crippen LogP contribution < -0.4 is 10.6 Å². The highest BCUT2D eigenvalue weighted by molar-refractivity contribution is 5.88. The monoisotopic (exact) mass is 419 g/mol. The SMILES string of the molecule is CCNC(=O)Nc1cc(CN2CCC(c3ccc(-n4cccn4)nc3C)CC2)ccn1. The minimum atomic E-state index is -0.226. The summed E-state index contributed by atoms with van der Waals surface area (Å²) in [7, 11) is 0. The van der Waals surface area contributed by atoms with E-state index in [9.17, 15) is 4.79 Å². The highest BCUT2D eigenvalue weighted by Crippen LogP contribution is 2.30. The number of carbonyl (C=O) groups is 1. The Morgan fingerprint density at radius 3 is 2.74 bits per heavy atom. The number of carbonyl (C=O) groups excluding carboxylic acids is 1. The molecule has 1 fully saturated rings. The van der Waals surface area contributed by atoms with Crippen LogP contribution in [0.15, 0.2) is 48.9 Å². The van der Waals surface area contributed by atoms with Gasteiger partial charge in [-0.2, -0.15) is 5.10 Å². The van der Waals surface area contributed by atoms with Crippen LogP contribution in [-0.2, 0) is 6.54 Å². The van der Waals surface area contributed by atoms with E-state index in [-0.39, 0.29) is 6.03 Å². The van der Waals surface area contributed by atoms with Crippen molar-refractivity contribution in [2.45, 2.75) is 39.2 Å². The number of hydrogen-bond donors (Lipinski definition) is 2. The molecule has 8 nitrogen and oxygen atoms in total. The quantitative estimate of drug-likeness (QED) is 0.639. The molecular weight excluding hydrogens is 390 g/mol. The molecule has 0 atom stereocenters. The number of aryl methyl sites for hydroxylation is 1. The topological polar surface area (TPSA) is 88.0 Å². The smallest absolute Gasteiger partial charge is 0.320 e. The Hall–Kier alpha value is -3.26. The zero-order chi connectivity index (χ0) is 21.6. The summed E-state index contributed by atoms with van der Waals surface area (Å²) >= 11 is 0. The molecule has 4 rings (SSSR count). The first-order chi connectivity index (χ1) is 15.1. The van der Waals surface area contributed by atoms with Crippen LogP contribution in [0.1, 0.15) is 42.5 Å². The summed E-state index contributed by atoms with van der Waals surface area (Å²) in [5, 5.41) is 9.76. The van der Waals surface area contributed by atoms with Crippen molar-refractivity contribution in [2.24, 2.45) is 0 Å². The van der Waals surface area contributed by atoms with Crippen molar-refractivity contribution in [3.8, 4) is 5.82 Å². The third kappa shape index (κ3) is 5.27. The molecule has 0 radical (unpaired) electrons. The molecule has 1 saturated heterocycles. The molecule has 8 heteroatoms. The van der Waals surface area contributed by atoms with Gasteiger partial charge in [-0.1, -0.05) is 6.07 Å². The third-order valence-corrected chi connectivity index (χ3v) is 5.69. The molecular formula is C23H29N7O. The average molecular weight is 420 g/mol. The second-order valence-corrected chi connectivity index (χ2v) is 7.88. The number of likely N-dealkylation sites (tertiary alicyclic amines) is 1. The predicted octanol–water partition coefficient (Wildman–Crippen LogP) is 3.49. The molecule has 0 aromatic carbocycles. The lowest BCUT2D eigenvalue weighted by Crippen LogP contribution is -2.33. The molecule has 3 aromatic rings. The fraction of sp³-hybridized carbons (Fsp3) is 0.391. The normalized spacial score (nSPS) is 15.0. The standard InChI is InChI=1S/C23H29N7O/c1-3-24-23(31)28-21-15-18(7-11-25-21)16-29-13-8-19(9-14-29)20-5-6-22(27-17(20)2)30-12-4-10-26-30/h4-7,10-12,15,19H,3,8-9,13-14,16H2,1-2H3,(H2,24,25,28,31). The lowest BCUT2D eigenvalue weighted by Gasteiger charge is -2.32. The van der Waals surface area contributed by atoms with E-state index in [0.29, 0.717) is 18.3 Å². The highest BCUT2D eigenvalue weighted by Gasteiger charge is 2.22. The van der Waals surface area contributed by atoms with Crippen molar-refractivity contribution in [3.05, 3.63) is 65.7 Å². The van der Waals surface area contributed by atoms with Gasteiger partial charge in [0.25, 0.3) is 0 Å². The van der Waals surface area contributed by atoms with E-state index in [0.717, 1.165) is 49.6 Å². The van der Waals surface area contributed by atoms with Gasteiger partial charge in [0.2, 0.25) is 0 Å². The number of anilines is 1. The van der Waals surface area contributed by atoms with E-state index >= 15 is 0 Å². The van der Waals surface area contributed by atoms with Crippen molar-refractivity contribution >= 4 is 11.8 Å². The molecule has 31 heavy (non-hydrogen) atoms. The first-order valence-corrected chi connectivity index (χ1v) is 10.8. The molecule has 2 N–H and O–H groups in total. The zero-order valence-corrected chi connectivity index (χ0v) is 18.1. The second kappa shape index (κ2) is 9.70. The van der Waals surface area contributed by atoms with E-state index in [1.165, 1.54) is 5.56 Å². The Labute approximate surface area is 182 Å². The predicted molar refractivity (Wildman–Crippen MR) is 120 cm³/mol. The maximum absolute atomic E-state index is 11.7. The summed E-state index contributed by atoms with van der Waals surface area (Å²) < 4.78 is 1.79. The second-order valence-electron chi connectivity index (χ2n) is 7.88. The van der Waals surface area contributed by atoms with Crippen molar-refractivity contribution in [3.63, 3.8) is 0 Å². The number of urea groups is 1. The van der Waals surface area contributed by atoms with Crippen molar-refractivity contribution in [2.75, 3.05) is 25.0 Å². The fourth-order valence-electron chi connectivity index (χ4n) is 4.14. The van der Waals surface area contributed by atoms with E-state index < -0.39 is 0 Å². The van der Waals surface area contributed by atoms with Gasteiger partial charge in [-0.25, -0.2) is 19.4 Å². The average Bonchev–Trinajstić information content (AvgIpc) is 3.30. The molecule has 0 aliphatic carbocycles. The van der Waals surface area contributed by atoms with Crippen LogP contribution in [-0.4, -0.2) is 50.3 Å². The van der Waals surface area contributed by atoms with Gasteiger partial charge >= 0.3 is 6.03 Å². The Balaban J connectivity index is 1.33. The Morgan fingerprint density at radius 2 is 2.03 bits per heavy atom. The number of pyridine rings is 2. The van der Waals surface area contributed by atoms with E-state index in [1.54, 1.807) is 17.1 Å². The van der Waals surface area contributed by atoms with Crippen LogP contribution in [0.4, 0.5) is 10.6 Å². The molecule has 0 spiro atoms. The van der Waals surface area contributed by atoms with Crippen LogP contribution in [0.25, 0.3) is 5.82 Å². The summed E-state index contributed by atoms with van der Waals surface area (Å²) in [4.78, 5) is 23.2. The van der Waals surface area contributed by atoms with Crippen molar-refractivity contribution in [1.82, 2.24) is 30.0 Å². The Morgan fingerprint density at radius 1 is 1.19 bits per heavy atom. The zero-order valence-electron chi connectivity index (χ0n) is 18.1. The minimum absolute atomic E-state index is 0.226. The van der Waals surface area contributed by atoms with Crippen molar-refractivity contribution in [1.29, 1.82) is 0 Å². The van der Waals surface area contributed by atoms with E-state index in [2.05, 4.69) is 44.7 Å². The van der Waals surface area contributed by atoms with Gasteiger partial charge in [0.15, 0.2) is 5.82 Å². The molecule has 162 valence electrons. The van der Waals surface area contributed by atoms with Gasteiger partial charge in [-0.3, -0.25) is 10.2 Å². The number of nitrogens with zero attached hydrogens (tertiary/aromatic N) is 5. The highest BCUT2D eigenvalue weighted by atomic mass is 16.2. The number of piperidine rings is 1. The largest absolute Gasteiger partial charge is 0.338 e. The van der Waals surface area contributed by atoms with E-state index in [4.69, 9.17) is 4.98 Å². The Kier molecular flexibility index (Phi) is 6.57. The molecule has 1 aliphatic rings. The van der Waals surface area contributed by atoms with Gasteiger partial charge in [0.05, 0.1) is 0 Å². The molecule has 0 saturated carbocycles. The fourth-order valence-corrected chi connectivity index (χ4v) is 4.14. The molecule has 2 amide bonds. The van der Waals surface area contributed by atoms with Crippen LogP contribution in [0.2, 0.25) is 0 Å². The van der Waals surface area contributed by atoms with Gasteiger partial charge < -0.3 is 5.32 Å². The van der Waals surface area contributed by atoms with E-state index in [1.807, 2.05) is 31.3 Å². The van der Waals surface area contributed by atoms with Gasteiger partial charge in [-0.05, 0) is 81.1 Å². The molecule has 4 heterocycles. The summed E-state index contributed by atoms with van der Waals surface area (Å²) in [5.41, 5.74) is 3.58. The number of rotatable bonds is 6. The number of hydrogen-bond acceptors (Lipinski definition) is 5.